The summed E-state index contributed by atoms with van der Waals surface area (Å²) in [6.07, 6.45) is -1.95. The number of benzene rings is 6. The molecule has 6 aromatic rings. The minimum atomic E-state index is -0.977. The van der Waals surface area contributed by atoms with Crippen molar-refractivity contribution in [3.8, 4) is 0 Å². The molecule has 1 aliphatic carbocycles. The van der Waals surface area contributed by atoms with Crippen molar-refractivity contribution < 1.29 is 10.2 Å². The largest absolute Gasteiger partial charge is 0.398 e. The lowest BCUT2D eigenvalue weighted by Crippen LogP contribution is -2.52. The number of hydrogen-bond donors (Lipinski definition) is 6. The lowest BCUT2D eigenvalue weighted by Gasteiger charge is -2.49. The first kappa shape index (κ1) is 31.7. The third kappa shape index (κ3) is 4.36. The van der Waals surface area contributed by atoms with Crippen LogP contribution in [0.4, 0.5) is 34.1 Å². The first-order valence-corrected chi connectivity index (χ1v) is 17.1. The fraction of sp³-hybridized carbons (Fsp3) is 0.300. The lowest BCUT2D eigenvalue weighted by molar-refractivity contribution is -0.0765. The van der Waals surface area contributed by atoms with E-state index in [1.807, 2.05) is 48.5 Å². The molecule has 6 aromatic carbocycles. The van der Waals surface area contributed by atoms with Crippen LogP contribution in [-0.2, 0) is 0 Å². The van der Waals surface area contributed by atoms with Crippen LogP contribution in [0.1, 0.15) is 50.7 Å². The molecule has 0 spiro atoms. The van der Waals surface area contributed by atoms with Gasteiger partial charge in [0.2, 0.25) is 0 Å². The first-order chi connectivity index (χ1) is 23.2. The molecular weight excluding hydrogens is 596 g/mol. The summed E-state index contributed by atoms with van der Waals surface area (Å²) < 4.78 is 0. The van der Waals surface area contributed by atoms with Crippen molar-refractivity contribution in [1.82, 2.24) is 0 Å². The zero-order chi connectivity index (χ0) is 34.0. The van der Waals surface area contributed by atoms with Crippen molar-refractivity contribution in [3.63, 3.8) is 0 Å². The van der Waals surface area contributed by atoms with Crippen molar-refractivity contribution in [1.29, 1.82) is 0 Å². The topological polar surface area (TPSA) is 151 Å². The quantitative estimate of drug-likeness (QED) is 0.0773. The molecule has 8 heteroatoms. The van der Waals surface area contributed by atoms with Crippen molar-refractivity contribution in [2.45, 2.75) is 51.7 Å². The number of nitrogen functional groups attached to an aromatic ring is 4. The van der Waals surface area contributed by atoms with Gasteiger partial charge < -0.3 is 42.9 Å². The van der Waals surface area contributed by atoms with Crippen LogP contribution in [-0.4, -0.2) is 48.6 Å². The average molecular weight is 643 g/mol. The number of nitrogens with zero attached hydrogens (tertiary/aromatic N) is 2. The van der Waals surface area contributed by atoms with E-state index >= 15 is 0 Å². The predicted molar refractivity (Wildman–Crippen MR) is 205 cm³/mol. The minimum Gasteiger partial charge on any atom is -0.398 e. The Morgan fingerprint density at radius 2 is 0.708 bits per heavy atom. The highest BCUT2D eigenvalue weighted by Gasteiger charge is 2.53. The second-order valence-electron chi connectivity index (χ2n) is 13.0. The van der Waals surface area contributed by atoms with Crippen molar-refractivity contribution in [2.24, 2.45) is 0 Å². The summed E-state index contributed by atoms with van der Waals surface area (Å²) in [5.74, 6) is -1.33. The summed E-state index contributed by atoms with van der Waals surface area (Å²) in [6, 6.07) is 23.7. The van der Waals surface area contributed by atoms with E-state index in [4.69, 9.17) is 22.9 Å². The number of aliphatic hydroxyl groups is 2. The van der Waals surface area contributed by atoms with Gasteiger partial charge in [-0.15, -0.1) is 0 Å². The maximum Gasteiger partial charge on any atom is 0.0728 e. The number of anilines is 6. The second kappa shape index (κ2) is 12.0. The van der Waals surface area contributed by atoms with Crippen LogP contribution in [0.5, 0.6) is 0 Å². The van der Waals surface area contributed by atoms with E-state index in [9.17, 15) is 10.2 Å². The molecule has 0 aliphatic heterocycles. The first-order valence-electron chi connectivity index (χ1n) is 17.1. The monoisotopic (exact) mass is 642 g/mol. The van der Waals surface area contributed by atoms with Crippen molar-refractivity contribution in [2.75, 3.05) is 58.9 Å². The van der Waals surface area contributed by atoms with Crippen LogP contribution in [0.25, 0.3) is 43.1 Å². The molecule has 0 unspecified atom stereocenters. The molecule has 0 radical (unpaired) electrons. The number of fused-ring (bicyclic) bond motifs is 4. The molecule has 0 saturated heterocycles. The maximum atomic E-state index is 12.4. The van der Waals surface area contributed by atoms with E-state index in [2.05, 4.69) is 61.8 Å². The van der Waals surface area contributed by atoms with Crippen molar-refractivity contribution in [3.05, 3.63) is 83.9 Å². The normalized spacial score (nSPS) is 19.3. The van der Waals surface area contributed by atoms with Crippen LogP contribution < -0.4 is 32.7 Å². The Morgan fingerprint density at radius 1 is 0.458 bits per heavy atom. The zero-order valence-electron chi connectivity index (χ0n) is 28.2. The fourth-order valence-corrected chi connectivity index (χ4v) is 8.63. The Bertz CT molecular complexity index is 1920. The van der Waals surface area contributed by atoms with E-state index < -0.39 is 24.0 Å². The summed E-state index contributed by atoms with van der Waals surface area (Å²) in [4.78, 5) is 4.62. The molecule has 0 atom stereocenters. The van der Waals surface area contributed by atoms with Gasteiger partial charge in [-0.1, -0.05) is 48.5 Å². The molecule has 0 amide bonds. The zero-order valence-corrected chi connectivity index (χ0v) is 28.2. The molecule has 8 nitrogen and oxygen atoms in total. The van der Waals surface area contributed by atoms with Gasteiger partial charge in [0.1, 0.15) is 0 Å². The Morgan fingerprint density at radius 3 is 0.938 bits per heavy atom. The molecule has 0 aromatic heterocycles. The molecular formula is C40H46N6O2. The molecule has 0 bridgehead atoms. The Kier molecular flexibility index (Phi) is 7.89. The number of rotatable bonds is 8. The van der Waals surface area contributed by atoms with Gasteiger partial charge in [0.25, 0.3) is 0 Å². The number of nitrogens with two attached hydrogens (primary N) is 4. The SMILES string of the molecule is CCN(CC)c1c2cccc(N)c2c(C2C(O)C(c3c4c(N)cccc4c(N(CC)CC)c4cccc(N)c34)C2O)c2c(N)cccc12. The third-order valence-electron chi connectivity index (χ3n) is 10.8. The van der Waals surface area contributed by atoms with Gasteiger partial charge in [-0.2, -0.15) is 0 Å². The van der Waals surface area contributed by atoms with Crippen LogP contribution >= 0.6 is 0 Å². The molecule has 7 rings (SSSR count). The van der Waals surface area contributed by atoms with Gasteiger partial charge in [0.05, 0.1) is 23.6 Å². The standard InChI is InChI=1S/C40H46N6O2/c1-5-45(6-2)37-21-13-9-17-25(41)29(21)33(30-22(37)14-10-18-26(30)42)35-39(47)36(40(35)48)34-31-23(15-11-19-27(31)43)38(46(7-3)8-4)24-16-12-20-28(44)32(24)34/h9-20,35-36,39-40,47-48H,5-8,41-44H2,1-4H3. The Hall–Kier alpha value is -4.92. The van der Waals surface area contributed by atoms with Gasteiger partial charge in [0, 0.05) is 104 Å². The van der Waals surface area contributed by atoms with Crippen LogP contribution in [0.15, 0.2) is 72.8 Å². The highest BCUT2D eigenvalue weighted by molar-refractivity contribution is 6.21. The molecule has 0 heterocycles. The molecule has 1 aliphatic rings. The highest BCUT2D eigenvalue weighted by Crippen LogP contribution is 2.58. The summed E-state index contributed by atoms with van der Waals surface area (Å²) in [5, 5.41) is 32.1. The Balaban J connectivity index is 1.53. The average Bonchev–Trinajstić information content (AvgIpc) is 3.07. The molecule has 248 valence electrons. The summed E-state index contributed by atoms with van der Waals surface area (Å²) in [6.45, 7) is 11.7. The predicted octanol–water partition coefficient (Wildman–Crippen LogP) is 6.92. The van der Waals surface area contributed by atoms with Gasteiger partial charge in [-0.3, -0.25) is 0 Å². The fourth-order valence-electron chi connectivity index (χ4n) is 8.63. The summed E-state index contributed by atoms with van der Waals surface area (Å²) in [7, 11) is 0. The smallest absolute Gasteiger partial charge is 0.0728 e. The van der Waals surface area contributed by atoms with E-state index in [-0.39, 0.29) is 0 Å². The number of aliphatic hydroxyl groups excluding tert-OH is 2. The van der Waals surface area contributed by atoms with Gasteiger partial charge >= 0.3 is 0 Å². The van der Waals surface area contributed by atoms with Crippen LogP contribution in [0.3, 0.4) is 0 Å². The third-order valence-corrected chi connectivity index (χ3v) is 10.8. The highest BCUT2D eigenvalue weighted by atomic mass is 16.3. The Labute approximate surface area is 281 Å². The van der Waals surface area contributed by atoms with E-state index in [0.717, 1.165) is 91.8 Å². The second-order valence-corrected chi connectivity index (χ2v) is 13.0. The molecule has 48 heavy (non-hydrogen) atoms. The number of hydrogen-bond acceptors (Lipinski definition) is 8. The van der Waals surface area contributed by atoms with E-state index in [0.29, 0.717) is 22.7 Å². The van der Waals surface area contributed by atoms with Gasteiger partial charge in [0.15, 0.2) is 0 Å². The lowest BCUT2D eigenvalue weighted by atomic mass is 9.60. The van der Waals surface area contributed by atoms with Gasteiger partial charge in [-0.05, 0) is 63.1 Å². The van der Waals surface area contributed by atoms with Crippen LogP contribution in [0.2, 0.25) is 0 Å². The van der Waals surface area contributed by atoms with E-state index in [1.165, 1.54) is 0 Å². The van der Waals surface area contributed by atoms with E-state index in [1.54, 1.807) is 0 Å². The molecule has 10 N–H and O–H groups in total. The van der Waals surface area contributed by atoms with Gasteiger partial charge in [-0.25, -0.2) is 0 Å². The van der Waals surface area contributed by atoms with Crippen LogP contribution in [0, 0.1) is 0 Å². The maximum absolute atomic E-state index is 12.4. The minimum absolute atomic E-state index is 0.580. The van der Waals surface area contributed by atoms with Crippen molar-refractivity contribution >= 4 is 77.2 Å². The molecule has 1 saturated carbocycles. The summed E-state index contributed by atoms with van der Waals surface area (Å²) in [5.41, 5.74) is 33.2. The summed E-state index contributed by atoms with van der Waals surface area (Å²) >= 11 is 0. The molecule has 1 fully saturated rings.